The van der Waals surface area contributed by atoms with Gasteiger partial charge in [-0.25, -0.2) is 15.0 Å². The summed E-state index contributed by atoms with van der Waals surface area (Å²) in [4.78, 5) is 17.2. The number of rotatable bonds is 5. The van der Waals surface area contributed by atoms with Gasteiger partial charge in [-0.15, -0.1) is 0 Å². The van der Waals surface area contributed by atoms with Crippen LogP contribution in [0.3, 0.4) is 0 Å². The molecule has 9 heteroatoms. The maximum atomic E-state index is 5.75. The molecule has 0 amide bonds. The molecule has 0 radical (unpaired) electrons. The highest BCUT2D eigenvalue weighted by atomic mass is 16.5. The Labute approximate surface area is 250 Å². The first-order valence-electron chi connectivity index (χ1n) is 14.1. The molecule has 3 aromatic carbocycles. The molecule has 4 heterocycles. The van der Waals surface area contributed by atoms with Crippen LogP contribution >= 0.6 is 0 Å². The van der Waals surface area contributed by atoms with Crippen molar-refractivity contribution < 1.29 is 9.47 Å². The summed E-state index contributed by atoms with van der Waals surface area (Å²) >= 11 is 0. The van der Waals surface area contributed by atoms with Gasteiger partial charge in [-0.1, -0.05) is 30.3 Å². The highest BCUT2D eigenvalue weighted by molar-refractivity contribution is 6.51. The number of pyridine rings is 1. The number of benzene rings is 3. The summed E-state index contributed by atoms with van der Waals surface area (Å²) < 4.78 is 13.1. The molecule has 0 aliphatic carbocycles. The second kappa shape index (κ2) is 10.4. The number of hydrogen-bond acceptors (Lipinski definition) is 8. The van der Waals surface area contributed by atoms with Crippen LogP contribution in [-0.4, -0.2) is 40.7 Å². The Morgan fingerprint density at radius 2 is 1.56 bits per heavy atom. The van der Waals surface area contributed by atoms with Crippen molar-refractivity contribution in [3.63, 3.8) is 0 Å². The number of anilines is 2. The van der Waals surface area contributed by atoms with Crippen LogP contribution in [0, 0.1) is 20.8 Å². The van der Waals surface area contributed by atoms with Crippen molar-refractivity contribution in [3.8, 4) is 17.3 Å². The van der Waals surface area contributed by atoms with Gasteiger partial charge in [-0.2, -0.15) is 9.78 Å². The van der Waals surface area contributed by atoms with E-state index in [2.05, 4.69) is 59.4 Å². The van der Waals surface area contributed by atoms with Crippen molar-refractivity contribution in [3.05, 3.63) is 113 Å². The molecule has 2 aliphatic heterocycles. The van der Waals surface area contributed by atoms with Crippen molar-refractivity contribution >= 4 is 34.6 Å². The van der Waals surface area contributed by atoms with Crippen LogP contribution in [0.1, 0.15) is 34.0 Å². The Bertz CT molecular complexity index is 1910. The van der Waals surface area contributed by atoms with Crippen LogP contribution in [0.4, 0.5) is 22.9 Å². The molecular formula is C34H31N7O2. The fraction of sp³-hybridized carbons (Fsp3) is 0.176. The molecule has 2 aliphatic rings. The van der Waals surface area contributed by atoms with Crippen LogP contribution in [0.2, 0.25) is 0 Å². The van der Waals surface area contributed by atoms with E-state index in [9.17, 15) is 0 Å². The van der Waals surface area contributed by atoms with E-state index in [0.717, 1.165) is 45.0 Å². The van der Waals surface area contributed by atoms with E-state index in [1.807, 2.05) is 60.1 Å². The number of nitrogens with one attached hydrogen (secondary N) is 1. The molecule has 0 fully saturated rings. The van der Waals surface area contributed by atoms with Gasteiger partial charge in [0.15, 0.2) is 34.8 Å². The summed E-state index contributed by atoms with van der Waals surface area (Å²) in [6.45, 7) is 6.20. The molecule has 214 valence electrons. The number of aryl methyl sites for hydroxylation is 3. The van der Waals surface area contributed by atoms with Gasteiger partial charge in [0.25, 0.3) is 0 Å². The van der Waals surface area contributed by atoms with E-state index in [1.165, 1.54) is 0 Å². The molecule has 7 rings (SSSR count). The van der Waals surface area contributed by atoms with E-state index in [0.29, 0.717) is 34.8 Å². The van der Waals surface area contributed by atoms with Crippen molar-refractivity contribution in [1.82, 2.24) is 14.8 Å². The highest BCUT2D eigenvalue weighted by Crippen LogP contribution is 2.49. The first-order chi connectivity index (χ1) is 20.9. The summed E-state index contributed by atoms with van der Waals surface area (Å²) in [6.07, 6.45) is 1.76. The molecule has 0 saturated carbocycles. The summed E-state index contributed by atoms with van der Waals surface area (Å²) in [5, 5.41) is 8.56. The number of methoxy groups -OCH3 is 2. The smallest absolute Gasteiger partial charge is 0.179 e. The molecule has 0 spiro atoms. The summed E-state index contributed by atoms with van der Waals surface area (Å²) in [5.74, 6) is 4.03. The average molecular weight is 570 g/mol. The van der Waals surface area contributed by atoms with Crippen molar-refractivity contribution in [1.29, 1.82) is 0 Å². The first-order valence-corrected chi connectivity index (χ1v) is 14.1. The van der Waals surface area contributed by atoms with E-state index >= 15 is 0 Å². The monoisotopic (exact) mass is 569 g/mol. The number of para-hydroxylation sites is 2. The number of aromatic nitrogens is 3. The van der Waals surface area contributed by atoms with Gasteiger partial charge in [0.05, 0.1) is 37.3 Å². The minimum absolute atomic E-state index is 0.299. The third kappa shape index (κ3) is 4.50. The predicted octanol–water partition coefficient (Wildman–Crippen LogP) is 7.01. The second-order valence-electron chi connectivity index (χ2n) is 10.7. The van der Waals surface area contributed by atoms with Gasteiger partial charge in [0.2, 0.25) is 0 Å². The zero-order valence-electron chi connectivity index (χ0n) is 24.7. The van der Waals surface area contributed by atoms with Crippen molar-refractivity contribution in [2.24, 2.45) is 9.98 Å². The maximum Gasteiger partial charge on any atom is 0.179 e. The number of amidine groups is 2. The minimum Gasteiger partial charge on any atom is -0.493 e. The zero-order chi connectivity index (χ0) is 29.7. The Morgan fingerprint density at radius 1 is 0.791 bits per heavy atom. The number of ether oxygens (including phenoxy) is 2. The van der Waals surface area contributed by atoms with E-state index in [1.54, 1.807) is 20.4 Å². The molecule has 9 nitrogen and oxygen atoms in total. The lowest BCUT2D eigenvalue weighted by Gasteiger charge is -2.40. The number of hydrogen-bond donors (Lipinski definition) is 1. The molecular weight excluding hydrogens is 538 g/mol. The lowest BCUT2D eigenvalue weighted by atomic mass is 9.93. The third-order valence-corrected chi connectivity index (χ3v) is 7.71. The fourth-order valence-corrected chi connectivity index (χ4v) is 5.96. The molecule has 1 atom stereocenters. The normalized spacial score (nSPS) is 15.1. The molecule has 0 saturated heterocycles. The molecule has 5 aromatic rings. The van der Waals surface area contributed by atoms with Crippen molar-refractivity contribution in [2.45, 2.75) is 26.8 Å². The quantitative estimate of drug-likeness (QED) is 0.245. The molecule has 0 bridgehead atoms. The topological polar surface area (TPSA) is 89.2 Å². The van der Waals surface area contributed by atoms with Gasteiger partial charge in [-0.05, 0) is 86.0 Å². The zero-order valence-corrected chi connectivity index (χ0v) is 24.7. The molecule has 1 N–H and O–H groups in total. The van der Waals surface area contributed by atoms with Crippen LogP contribution in [0.25, 0.3) is 5.82 Å². The Kier molecular flexibility index (Phi) is 6.42. The summed E-state index contributed by atoms with van der Waals surface area (Å²) in [7, 11) is 3.30. The van der Waals surface area contributed by atoms with E-state index < -0.39 is 0 Å². The number of aliphatic imine (C=N–C) groups is 2. The van der Waals surface area contributed by atoms with Crippen LogP contribution in [0.5, 0.6) is 11.5 Å². The predicted molar refractivity (Wildman–Crippen MR) is 170 cm³/mol. The van der Waals surface area contributed by atoms with Gasteiger partial charge in [0, 0.05) is 17.4 Å². The van der Waals surface area contributed by atoms with Crippen LogP contribution in [-0.2, 0) is 0 Å². The lowest BCUT2D eigenvalue weighted by Crippen LogP contribution is -2.46. The standard InChI is InChI=1S/C34H31N7O2/c1-20-16-21(2)18-24(17-20)36-32-34-38-33-30(22(3)39-41(33)29-12-8-9-15-35-29)31(23-13-14-27(42-4)28(19-23)43-5)40(34)26-11-7-6-10-25(26)37-32/h6-19,31H,1-5H3,(H,36,37)/t31-/m1/s1. The Balaban J connectivity index is 1.50. The summed E-state index contributed by atoms with van der Waals surface area (Å²) in [6, 6.07) is 26.0. The van der Waals surface area contributed by atoms with E-state index in [-0.39, 0.29) is 6.04 Å². The van der Waals surface area contributed by atoms with Gasteiger partial charge in [-0.3, -0.25) is 0 Å². The number of nitrogens with zero attached hydrogens (tertiary/aromatic N) is 6. The van der Waals surface area contributed by atoms with Gasteiger partial charge in [0.1, 0.15) is 0 Å². The Hall–Kier alpha value is -5.44. The molecule has 2 aromatic heterocycles. The molecule has 0 unspecified atom stereocenters. The van der Waals surface area contributed by atoms with Gasteiger partial charge >= 0.3 is 0 Å². The maximum absolute atomic E-state index is 5.75. The Morgan fingerprint density at radius 3 is 2.30 bits per heavy atom. The number of fused-ring (bicyclic) bond motifs is 4. The second-order valence-corrected chi connectivity index (χ2v) is 10.7. The third-order valence-electron chi connectivity index (χ3n) is 7.71. The van der Waals surface area contributed by atoms with E-state index in [4.69, 9.17) is 24.6 Å². The molecule has 43 heavy (non-hydrogen) atoms. The first kappa shape index (κ1) is 26.5. The fourth-order valence-electron chi connectivity index (χ4n) is 5.96. The van der Waals surface area contributed by atoms with Crippen LogP contribution in [0.15, 0.2) is 95.0 Å². The van der Waals surface area contributed by atoms with Crippen molar-refractivity contribution in [2.75, 3.05) is 24.4 Å². The largest absolute Gasteiger partial charge is 0.493 e. The average Bonchev–Trinajstić information content (AvgIpc) is 3.35. The lowest BCUT2D eigenvalue weighted by molar-refractivity contribution is 0.354. The summed E-state index contributed by atoms with van der Waals surface area (Å²) in [5.41, 5.74) is 7.89. The van der Waals surface area contributed by atoms with Gasteiger partial charge < -0.3 is 19.7 Å². The minimum atomic E-state index is -0.299. The van der Waals surface area contributed by atoms with Crippen LogP contribution < -0.4 is 19.7 Å². The highest BCUT2D eigenvalue weighted by Gasteiger charge is 2.41. The SMILES string of the molecule is COc1ccc([C@@H]2c3c(C)nn(-c4ccccn4)c3N=C3C(Nc4cc(C)cc(C)c4)=Nc4ccccc4N32)cc1OC.